The molecule has 4 rings (SSSR count). The molecule has 2 bridgehead atoms. The summed E-state index contributed by atoms with van der Waals surface area (Å²) in [5.74, 6) is 1.19. The average molecular weight is 380 g/mol. The van der Waals surface area contributed by atoms with E-state index in [0.717, 1.165) is 54.7 Å². The van der Waals surface area contributed by atoms with E-state index in [1.165, 1.54) is 0 Å². The number of ether oxygens (including phenoxy) is 1. The van der Waals surface area contributed by atoms with Gasteiger partial charge in [0.15, 0.2) is 0 Å². The summed E-state index contributed by atoms with van der Waals surface area (Å²) in [4.78, 5) is 2.48. The van der Waals surface area contributed by atoms with Crippen LogP contribution in [0.15, 0.2) is 55.1 Å². The second-order valence-corrected chi connectivity index (χ2v) is 8.14. The molecule has 0 unspecified atom stereocenters. The van der Waals surface area contributed by atoms with Gasteiger partial charge in [-0.3, -0.25) is 4.90 Å². The van der Waals surface area contributed by atoms with Crippen molar-refractivity contribution in [2.24, 2.45) is 0 Å². The summed E-state index contributed by atoms with van der Waals surface area (Å²) in [5.41, 5.74) is 2.07. The molecule has 2 N–H and O–H groups in total. The highest BCUT2D eigenvalue weighted by Gasteiger charge is 2.48. The lowest BCUT2D eigenvalue weighted by Crippen LogP contribution is -2.49. The molecule has 2 saturated heterocycles. The van der Waals surface area contributed by atoms with Gasteiger partial charge in [0.25, 0.3) is 0 Å². The molecule has 0 radical (unpaired) electrons. The highest BCUT2D eigenvalue weighted by Crippen LogP contribution is 2.46. The van der Waals surface area contributed by atoms with Crippen molar-refractivity contribution in [2.75, 3.05) is 7.11 Å². The molecule has 0 saturated carbocycles. The summed E-state index contributed by atoms with van der Waals surface area (Å²) in [6.07, 6.45) is 6.13. The largest absolute Gasteiger partial charge is 0.507 e. The summed E-state index contributed by atoms with van der Waals surface area (Å²) in [6.45, 7) is 4.50. The van der Waals surface area contributed by atoms with Crippen molar-refractivity contribution in [2.45, 2.75) is 56.3 Å². The molecule has 0 aliphatic carbocycles. The lowest BCUT2D eigenvalue weighted by atomic mass is 9.80. The molecular weight excluding hydrogens is 350 g/mol. The zero-order chi connectivity index (χ0) is 19.7. The van der Waals surface area contributed by atoms with Gasteiger partial charge in [0.05, 0.1) is 12.7 Å². The van der Waals surface area contributed by atoms with Gasteiger partial charge in [-0.15, -0.1) is 6.58 Å². The Morgan fingerprint density at radius 3 is 2.36 bits per heavy atom. The number of nitrogens with zero attached hydrogens (tertiary/aromatic N) is 1. The van der Waals surface area contributed by atoms with Crippen LogP contribution in [0.3, 0.4) is 0 Å². The number of methoxy groups -OCH3 is 1. The fourth-order valence-corrected chi connectivity index (χ4v) is 5.00. The normalized spacial score (nSPS) is 26.9. The first kappa shape index (κ1) is 19.0. The topological polar surface area (TPSA) is 52.9 Å². The molecule has 2 aliphatic heterocycles. The van der Waals surface area contributed by atoms with Crippen LogP contribution in [-0.4, -0.2) is 34.3 Å². The standard InChI is InChI=1S/C24H29NO3/c1-3-5-17-6-4-7-18(23(17)26)16-25-20-10-11-21(25)15-24(27,14-20)19-8-12-22(28-2)13-9-19/h3-4,6-9,12-13,20-21,26-27H,1,5,10-11,14-16H2,2H3/t20-,21-/m0/s1. The number of hydrogen-bond donors (Lipinski definition) is 2. The molecule has 2 aliphatic rings. The first-order valence-corrected chi connectivity index (χ1v) is 10.1. The van der Waals surface area contributed by atoms with Crippen LogP contribution in [0.2, 0.25) is 0 Å². The molecule has 2 aromatic rings. The van der Waals surface area contributed by atoms with Gasteiger partial charge < -0.3 is 14.9 Å². The van der Waals surface area contributed by atoms with Crippen LogP contribution < -0.4 is 4.74 Å². The van der Waals surface area contributed by atoms with E-state index in [1.807, 2.05) is 48.5 Å². The van der Waals surface area contributed by atoms with Crippen molar-refractivity contribution in [3.8, 4) is 11.5 Å². The lowest BCUT2D eigenvalue weighted by Gasteiger charge is -2.44. The Labute approximate surface area is 167 Å². The number of rotatable bonds is 6. The zero-order valence-electron chi connectivity index (χ0n) is 16.5. The number of hydrogen-bond acceptors (Lipinski definition) is 4. The Morgan fingerprint density at radius 2 is 1.75 bits per heavy atom. The maximum Gasteiger partial charge on any atom is 0.123 e. The van der Waals surface area contributed by atoms with Gasteiger partial charge in [0, 0.05) is 24.2 Å². The summed E-state index contributed by atoms with van der Waals surface area (Å²) in [7, 11) is 1.65. The van der Waals surface area contributed by atoms with E-state index in [4.69, 9.17) is 4.74 Å². The number of aliphatic hydroxyl groups is 1. The number of aromatic hydroxyl groups is 1. The fraction of sp³-hybridized carbons (Fsp3) is 0.417. The van der Waals surface area contributed by atoms with E-state index in [-0.39, 0.29) is 0 Å². The zero-order valence-corrected chi connectivity index (χ0v) is 16.5. The molecule has 0 spiro atoms. The van der Waals surface area contributed by atoms with Gasteiger partial charge in [-0.05, 0) is 55.4 Å². The Hall–Kier alpha value is -2.30. The molecule has 2 aromatic carbocycles. The number of benzene rings is 2. The molecule has 4 nitrogen and oxygen atoms in total. The van der Waals surface area contributed by atoms with Crippen LogP contribution in [0.25, 0.3) is 0 Å². The van der Waals surface area contributed by atoms with Gasteiger partial charge in [-0.1, -0.05) is 36.4 Å². The van der Waals surface area contributed by atoms with Gasteiger partial charge in [0.2, 0.25) is 0 Å². The predicted octanol–water partition coefficient (Wildman–Crippen LogP) is 4.14. The van der Waals surface area contributed by atoms with Crippen molar-refractivity contribution in [3.63, 3.8) is 0 Å². The lowest BCUT2D eigenvalue weighted by molar-refractivity contribution is -0.0596. The number of phenols is 1. The highest BCUT2D eigenvalue weighted by molar-refractivity contribution is 5.41. The van der Waals surface area contributed by atoms with E-state index in [2.05, 4.69) is 11.5 Å². The number of allylic oxidation sites excluding steroid dienone is 1. The average Bonchev–Trinajstić information content (AvgIpc) is 2.95. The van der Waals surface area contributed by atoms with Crippen LogP contribution in [0.4, 0.5) is 0 Å². The van der Waals surface area contributed by atoms with Crippen molar-refractivity contribution in [1.29, 1.82) is 0 Å². The van der Waals surface area contributed by atoms with E-state index in [9.17, 15) is 10.2 Å². The molecule has 28 heavy (non-hydrogen) atoms. The third kappa shape index (κ3) is 3.43. The van der Waals surface area contributed by atoms with E-state index in [0.29, 0.717) is 24.3 Å². The van der Waals surface area contributed by atoms with Crippen molar-refractivity contribution in [3.05, 3.63) is 71.8 Å². The molecular formula is C24H29NO3. The van der Waals surface area contributed by atoms with E-state index < -0.39 is 5.60 Å². The maximum absolute atomic E-state index is 11.4. The Morgan fingerprint density at radius 1 is 1.11 bits per heavy atom. The van der Waals surface area contributed by atoms with Crippen molar-refractivity contribution < 1.29 is 14.9 Å². The van der Waals surface area contributed by atoms with Crippen LogP contribution in [-0.2, 0) is 18.6 Å². The molecule has 2 atom stereocenters. The number of piperidine rings is 1. The first-order chi connectivity index (χ1) is 13.5. The maximum atomic E-state index is 11.4. The van der Waals surface area contributed by atoms with Gasteiger partial charge in [-0.2, -0.15) is 0 Å². The summed E-state index contributed by atoms with van der Waals surface area (Å²) in [5, 5.41) is 22.0. The minimum absolute atomic E-state index is 0.327. The summed E-state index contributed by atoms with van der Waals surface area (Å²) in [6, 6.07) is 14.4. The van der Waals surface area contributed by atoms with Crippen molar-refractivity contribution in [1.82, 2.24) is 4.90 Å². The summed E-state index contributed by atoms with van der Waals surface area (Å²) < 4.78 is 5.25. The van der Waals surface area contributed by atoms with Crippen LogP contribution in [0, 0.1) is 0 Å². The fourth-order valence-electron chi connectivity index (χ4n) is 5.00. The SMILES string of the molecule is C=CCc1cccc(CN2[C@H]3CC[C@H]2CC(O)(c2ccc(OC)cc2)C3)c1O. The van der Waals surface area contributed by atoms with Gasteiger partial charge in [-0.25, -0.2) is 0 Å². The van der Waals surface area contributed by atoms with E-state index >= 15 is 0 Å². The monoisotopic (exact) mass is 379 g/mol. The third-order valence-electron chi connectivity index (χ3n) is 6.47. The van der Waals surface area contributed by atoms with Crippen LogP contribution in [0.5, 0.6) is 11.5 Å². The third-order valence-corrected chi connectivity index (χ3v) is 6.47. The van der Waals surface area contributed by atoms with Crippen LogP contribution in [0.1, 0.15) is 42.4 Å². The second kappa shape index (κ2) is 7.61. The van der Waals surface area contributed by atoms with Crippen molar-refractivity contribution >= 4 is 0 Å². The van der Waals surface area contributed by atoms with Gasteiger partial charge in [0.1, 0.15) is 11.5 Å². The molecule has 148 valence electrons. The Kier molecular flexibility index (Phi) is 5.17. The molecule has 0 aromatic heterocycles. The molecule has 4 heteroatoms. The Balaban J connectivity index is 1.53. The first-order valence-electron chi connectivity index (χ1n) is 10.1. The predicted molar refractivity (Wildman–Crippen MR) is 110 cm³/mol. The Bertz CT molecular complexity index is 831. The van der Waals surface area contributed by atoms with Gasteiger partial charge >= 0.3 is 0 Å². The smallest absolute Gasteiger partial charge is 0.123 e. The number of para-hydroxylation sites is 1. The number of phenolic OH excluding ortho intramolecular Hbond substituents is 1. The minimum Gasteiger partial charge on any atom is -0.507 e. The second-order valence-electron chi connectivity index (χ2n) is 8.14. The molecule has 2 heterocycles. The minimum atomic E-state index is -0.790. The van der Waals surface area contributed by atoms with E-state index in [1.54, 1.807) is 7.11 Å². The van der Waals surface area contributed by atoms with Crippen LogP contribution >= 0.6 is 0 Å². The quantitative estimate of drug-likeness (QED) is 0.741. The highest BCUT2D eigenvalue weighted by atomic mass is 16.5. The molecule has 0 amide bonds. The molecule has 2 fully saturated rings. The number of fused-ring (bicyclic) bond motifs is 2. The summed E-state index contributed by atoms with van der Waals surface area (Å²) >= 11 is 0.